The standard InChI is InChI=1S/C17H24N2O.ClH/c20-17(9-8-13-10-11-18-12-13)19-16-7-3-5-14-4-1-2-6-15(14)16;/h1-2,4,6,13,16,18H,3,5,7-12H2,(H,19,20);1H. The van der Waals surface area contributed by atoms with Crippen LogP contribution in [0.1, 0.15) is 49.3 Å². The van der Waals surface area contributed by atoms with Crippen LogP contribution in [0.2, 0.25) is 0 Å². The molecule has 1 saturated heterocycles. The van der Waals surface area contributed by atoms with Crippen LogP contribution in [-0.2, 0) is 11.2 Å². The van der Waals surface area contributed by atoms with Crippen molar-refractivity contribution >= 4 is 18.3 Å². The second-order valence-electron chi connectivity index (χ2n) is 6.11. The van der Waals surface area contributed by atoms with E-state index in [1.54, 1.807) is 0 Å². The second-order valence-corrected chi connectivity index (χ2v) is 6.11. The van der Waals surface area contributed by atoms with Gasteiger partial charge in [0.1, 0.15) is 0 Å². The molecule has 21 heavy (non-hydrogen) atoms. The maximum Gasteiger partial charge on any atom is 0.220 e. The molecule has 0 bridgehead atoms. The number of aryl methyl sites for hydroxylation is 1. The Morgan fingerprint density at radius 3 is 2.95 bits per heavy atom. The van der Waals surface area contributed by atoms with E-state index in [2.05, 4.69) is 34.9 Å². The number of halogens is 1. The van der Waals surface area contributed by atoms with Crippen molar-refractivity contribution in [2.24, 2.45) is 5.92 Å². The van der Waals surface area contributed by atoms with Crippen molar-refractivity contribution in [2.45, 2.75) is 44.6 Å². The number of benzene rings is 1. The summed E-state index contributed by atoms with van der Waals surface area (Å²) in [6, 6.07) is 8.76. The number of carbonyl (C=O) groups is 1. The summed E-state index contributed by atoms with van der Waals surface area (Å²) in [6.07, 6.45) is 6.32. The van der Waals surface area contributed by atoms with Crippen LogP contribution >= 0.6 is 12.4 Å². The van der Waals surface area contributed by atoms with E-state index in [9.17, 15) is 4.79 Å². The highest BCUT2D eigenvalue weighted by molar-refractivity contribution is 5.85. The monoisotopic (exact) mass is 308 g/mol. The molecule has 2 unspecified atom stereocenters. The van der Waals surface area contributed by atoms with Crippen LogP contribution in [0, 0.1) is 5.92 Å². The SMILES string of the molecule is Cl.O=C(CCC1CCNC1)NC1CCCc2ccccc21. The highest BCUT2D eigenvalue weighted by Gasteiger charge is 2.22. The number of amides is 1. The predicted molar refractivity (Wildman–Crippen MR) is 87.7 cm³/mol. The molecule has 1 aromatic rings. The average molecular weight is 309 g/mol. The zero-order valence-corrected chi connectivity index (χ0v) is 13.3. The van der Waals surface area contributed by atoms with Gasteiger partial charge in [0, 0.05) is 6.42 Å². The molecule has 1 aliphatic carbocycles. The molecule has 1 amide bonds. The number of hydrogen-bond donors (Lipinski definition) is 2. The molecule has 1 fully saturated rings. The molecule has 0 radical (unpaired) electrons. The summed E-state index contributed by atoms with van der Waals surface area (Å²) < 4.78 is 0. The van der Waals surface area contributed by atoms with E-state index < -0.39 is 0 Å². The van der Waals surface area contributed by atoms with Gasteiger partial charge in [-0.2, -0.15) is 0 Å². The Labute approximate surface area is 133 Å². The fraction of sp³-hybridized carbons (Fsp3) is 0.588. The summed E-state index contributed by atoms with van der Waals surface area (Å²) in [4.78, 5) is 12.1. The van der Waals surface area contributed by atoms with Crippen molar-refractivity contribution in [1.82, 2.24) is 10.6 Å². The minimum atomic E-state index is 0. The maximum absolute atomic E-state index is 12.1. The normalized spacial score (nSPS) is 24.0. The summed E-state index contributed by atoms with van der Waals surface area (Å²) in [6.45, 7) is 2.20. The first kappa shape index (κ1) is 16.3. The molecular formula is C17H25ClN2O. The maximum atomic E-state index is 12.1. The Hall–Kier alpha value is -1.06. The van der Waals surface area contributed by atoms with Gasteiger partial charge in [-0.3, -0.25) is 4.79 Å². The number of nitrogens with one attached hydrogen (secondary N) is 2. The Morgan fingerprint density at radius 2 is 2.14 bits per heavy atom. The topological polar surface area (TPSA) is 41.1 Å². The molecule has 2 aliphatic rings. The molecule has 0 spiro atoms. The number of carbonyl (C=O) groups excluding carboxylic acids is 1. The van der Waals surface area contributed by atoms with E-state index in [0.717, 1.165) is 32.4 Å². The zero-order valence-electron chi connectivity index (χ0n) is 12.4. The van der Waals surface area contributed by atoms with E-state index in [1.807, 2.05) is 0 Å². The molecule has 3 rings (SSSR count). The molecule has 2 N–H and O–H groups in total. The molecule has 1 aromatic carbocycles. The van der Waals surface area contributed by atoms with Gasteiger partial charge < -0.3 is 10.6 Å². The van der Waals surface area contributed by atoms with Gasteiger partial charge in [-0.15, -0.1) is 12.4 Å². The number of rotatable bonds is 4. The Bertz CT molecular complexity index is 472. The molecule has 0 aromatic heterocycles. The smallest absolute Gasteiger partial charge is 0.220 e. The van der Waals surface area contributed by atoms with Crippen LogP contribution in [0.4, 0.5) is 0 Å². The largest absolute Gasteiger partial charge is 0.349 e. The quantitative estimate of drug-likeness (QED) is 0.898. The van der Waals surface area contributed by atoms with E-state index in [4.69, 9.17) is 0 Å². The highest BCUT2D eigenvalue weighted by Crippen LogP contribution is 2.29. The van der Waals surface area contributed by atoms with Crippen LogP contribution in [0.3, 0.4) is 0 Å². The zero-order chi connectivity index (χ0) is 13.8. The van der Waals surface area contributed by atoms with Crippen molar-refractivity contribution in [3.8, 4) is 0 Å². The fourth-order valence-electron chi connectivity index (χ4n) is 3.47. The summed E-state index contributed by atoms with van der Waals surface area (Å²) in [7, 11) is 0. The molecule has 3 nitrogen and oxygen atoms in total. The molecule has 0 saturated carbocycles. The third kappa shape index (κ3) is 4.21. The number of hydrogen-bond acceptors (Lipinski definition) is 2. The molecule has 1 aliphatic heterocycles. The first-order valence-electron chi connectivity index (χ1n) is 7.91. The van der Waals surface area contributed by atoms with Gasteiger partial charge in [-0.25, -0.2) is 0 Å². The predicted octanol–water partition coefficient (Wildman–Crippen LogP) is 2.99. The Balaban J connectivity index is 0.00000161. The minimum absolute atomic E-state index is 0. The van der Waals surface area contributed by atoms with Gasteiger partial charge in [0.15, 0.2) is 0 Å². The first-order valence-corrected chi connectivity index (χ1v) is 7.91. The van der Waals surface area contributed by atoms with Gasteiger partial charge >= 0.3 is 0 Å². The Kier molecular flexibility index (Phi) is 6.07. The third-order valence-electron chi connectivity index (χ3n) is 4.65. The van der Waals surface area contributed by atoms with Crippen molar-refractivity contribution in [3.63, 3.8) is 0 Å². The lowest BCUT2D eigenvalue weighted by atomic mass is 9.87. The Morgan fingerprint density at radius 1 is 1.29 bits per heavy atom. The minimum Gasteiger partial charge on any atom is -0.349 e. The van der Waals surface area contributed by atoms with Crippen LogP contribution < -0.4 is 10.6 Å². The first-order chi connectivity index (χ1) is 9.83. The third-order valence-corrected chi connectivity index (χ3v) is 4.65. The van der Waals surface area contributed by atoms with Crippen LogP contribution in [0.25, 0.3) is 0 Å². The summed E-state index contributed by atoms with van der Waals surface area (Å²) in [5.41, 5.74) is 2.73. The van der Waals surface area contributed by atoms with Gasteiger partial charge in [0.2, 0.25) is 5.91 Å². The van der Waals surface area contributed by atoms with Crippen molar-refractivity contribution < 1.29 is 4.79 Å². The van der Waals surface area contributed by atoms with Crippen molar-refractivity contribution in [3.05, 3.63) is 35.4 Å². The lowest BCUT2D eigenvalue weighted by Crippen LogP contribution is -2.31. The molecule has 1 heterocycles. The van der Waals surface area contributed by atoms with Gasteiger partial charge in [0.05, 0.1) is 6.04 Å². The highest BCUT2D eigenvalue weighted by atomic mass is 35.5. The van der Waals surface area contributed by atoms with Gasteiger partial charge in [0.25, 0.3) is 0 Å². The van der Waals surface area contributed by atoms with Gasteiger partial charge in [-0.1, -0.05) is 24.3 Å². The number of fused-ring (bicyclic) bond motifs is 1. The molecule has 2 atom stereocenters. The second kappa shape index (κ2) is 7.81. The van der Waals surface area contributed by atoms with Crippen LogP contribution in [0.15, 0.2) is 24.3 Å². The fourth-order valence-corrected chi connectivity index (χ4v) is 3.47. The van der Waals surface area contributed by atoms with Crippen molar-refractivity contribution in [1.29, 1.82) is 0 Å². The van der Waals surface area contributed by atoms with E-state index in [1.165, 1.54) is 24.0 Å². The molecular weight excluding hydrogens is 284 g/mol. The van der Waals surface area contributed by atoms with E-state index >= 15 is 0 Å². The summed E-state index contributed by atoms with van der Waals surface area (Å²) >= 11 is 0. The molecule has 4 heteroatoms. The lowest BCUT2D eigenvalue weighted by molar-refractivity contribution is -0.122. The van der Waals surface area contributed by atoms with Crippen molar-refractivity contribution in [2.75, 3.05) is 13.1 Å². The van der Waals surface area contributed by atoms with E-state index in [-0.39, 0.29) is 24.4 Å². The molecule has 116 valence electrons. The van der Waals surface area contributed by atoms with Crippen LogP contribution in [-0.4, -0.2) is 19.0 Å². The summed E-state index contributed by atoms with van der Waals surface area (Å²) in [5, 5.41) is 6.60. The van der Waals surface area contributed by atoms with Gasteiger partial charge in [-0.05, 0) is 62.2 Å². The summed E-state index contributed by atoms with van der Waals surface area (Å²) in [5.74, 6) is 0.915. The lowest BCUT2D eigenvalue weighted by Gasteiger charge is -2.26. The average Bonchev–Trinajstić information content (AvgIpc) is 2.99. The van der Waals surface area contributed by atoms with Crippen LogP contribution in [0.5, 0.6) is 0 Å². The van der Waals surface area contributed by atoms with E-state index in [0.29, 0.717) is 12.3 Å².